The Balaban J connectivity index is 1.71. The summed E-state index contributed by atoms with van der Waals surface area (Å²) in [6.07, 6.45) is 0. The maximum absolute atomic E-state index is 12.4. The van der Waals surface area contributed by atoms with E-state index in [0.29, 0.717) is 12.3 Å². The molecule has 6 nitrogen and oxygen atoms in total. The largest absolute Gasteiger partial charge is 0.497 e. The lowest BCUT2D eigenvalue weighted by atomic mass is 10.0. The van der Waals surface area contributed by atoms with Crippen LogP contribution in [0.3, 0.4) is 0 Å². The number of amides is 1. The van der Waals surface area contributed by atoms with E-state index in [2.05, 4.69) is 16.4 Å². The molecule has 2 aromatic carbocycles. The van der Waals surface area contributed by atoms with Gasteiger partial charge in [-0.3, -0.25) is 4.79 Å². The third kappa shape index (κ3) is 2.09. The number of thioether (sulfide) groups is 1. The summed E-state index contributed by atoms with van der Waals surface area (Å²) < 4.78 is 7.07. The normalized spacial score (nSPS) is 14.9. The lowest BCUT2D eigenvalue weighted by Gasteiger charge is -2.33. The maximum atomic E-state index is 12.4. The number of hydrogen-bond donors (Lipinski definition) is 0. The monoisotopic (exact) mass is 350 g/mol. The molecular formula is C18H14N4O2S. The molecule has 0 bridgehead atoms. The average molecular weight is 350 g/mol. The van der Waals surface area contributed by atoms with Gasteiger partial charge in [0.25, 0.3) is 0 Å². The topological polar surface area (TPSA) is 60.2 Å². The minimum Gasteiger partial charge on any atom is -0.497 e. The number of carbonyl (C=O) groups excluding carboxylic acids is 1. The first kappa shape index (κ1) is 14.5. The Hall–Kier alpha value is -2.80. The van der Waals surface area contributed by atoms with Gasteiger partial charge in [0.2, 0.25) is 5.91 Å². The molecule has 1 amide bonds. The Bertz CT molecular complexity index is 997. The van der Waals surface area contributed by atoms with Crippen molar-refractivity contribution in [3.63, 3.8) is 0 Å². The number of ether oxygens (including phenoxy) is 1. The first-order chi connectivity index (χ1) is 12.3. The van der Waals surface area contributed by atoms with Crippen LogP contribution in [0.1, 0.15) is 5.69 Å². The summed E-state index contributed by atoms with van der Waals surface area (Å²) in [4.78, 5) is 15.3. The van der Waals surface area contributed by atoms with Gasteiger partial charge in [-0.1, -0.05) is 17.3 Å². The van der Waals surface area contributed by atoms with Crippen LogP contribution in [0, 0.1) is 0 Å². The van der Waals surface area contributed by atoms with Crippen LogP contribution in [-0.2, 0) is 11.3 Å². The molecule has 0 saturated carbocycles. The third-order valence-corrected chi connectivity index (χ3v) is 5.57. The summed E-state index contributed by atoms with van der Waals surface area (Å²) in [6, 6.07) is 13.8. The van der Waals surface area contributed by atoms with Gasteiger partial charge < -0.3 is 9.64 Å². The molecule has 1 aromatic heterocycles. The van der Waals surface area contributed by atoms with Gasteiger partial charge in [0.05, 0.1) is 30.8 Å². The third-order valence-electron chi connectivity index (χ3n) is 4.54. The van der Waals surface area contributed by atoms with Crippen molar-refractivity contribution in [3.05, 3.63) is 48.2 Å². The molecule has 25 heavy (non-hydrogen) atoms. The summed E-state index contributed by atoms with van der Waals surface area (Å²) >= 11 is 1.59. The molecule has 7 heteroatoms. The molecule has 0 unspecified atom stereocenters. The van der Waals surface area contributed by atoms with Gasteiger partial charge in [0.1, 0.15) is 17.1 Å². The molecule has 0 spiro atoms. The highest BCUT2D eigenvalue weighted by molar-refractivity contribution is 8.00. The van der Waals surface area contributed by atoms with Gasteiger partial charge >= 0.3 is 0 Å². The zero-order chi connectivity index (χ0) is 17.0. The number of aromatic nitrogens is 3. The average Bonchev–Trinajstić information content (AvgIpc) is 3.09. The van der Waals surface area contributed by atoms with Crippen molar-refractivity contribution in [3.8, 4) is 22.7 Å². The molecule has 0 saturated heterocycles. The zero-order valence-corrected chi connectivity index (χ0v) is 14.3. The van der Waals surface area contributed by atoms with Gasteiger partial charge in [-0.25, -0.2) is 4.68 Å². The number of para-hydroxylation sites is 1. The Kier molecular flexibility index (Phi) is 3.11. The van der Waals surface area contributed by atoms with Crippen LogP contribution in [0.2, 0.25) is 0 Å². The van der Waals surface area contributed by atoms with Crippen molar-refractivity contribution in [2.45, 2.75) is 11.4 Å². The molecule has 3 aromatic rings. The number of nitrogens with zero attached hydrogens (tertiary/aromatic N) is 4. The molecule has 0 radical (unpaired) electrons. The molecule has 3 heterocycles. The first-order valence-electron chi connectivity index (χ1n) is 7.92. The highest BCUT2D eigenvalue weighted by atomic mass is 32.2. The van der Waals surface area contributed by atoms with E-state index in [1.807, 2.05) is 46.0 Å². The summed E-state index contributed by atoms with van der Waals surface area (Å²) in [5.41, 5.74) is 4.66. The van der Waals surface area contributed by atoms with E-state index in [9.17, 15) is 4.79 Å². The molecule has 0 atom stereocenters. The number of fused-ring (bicyclic) bond motifs is 2. The van der Waals surface area contributed by atoms with Gasteiger partial charge in [-0.2, -0.15) is 0 Å². The molecule has 2 aliphatic heterocycles. The van der Waals surface area contributed by atoms with E-state index in [-0.39, 0.29) is 5.91 Å². The van der Waals surface area contributed by atoms with E-state index >= 15 is 0 Å². The second-order valence-electron chi connectivity index (χ2n) is 5.92. The van der Waals surface area contributed by atoms with Crippen LogP contribution in [0.4, 0.5) is 5.69 Å². The summed E-state index contributed by atoms with van der Waals surface area (Å²) in [5.74, 6) is 1.39. The minimum absolute atomic E-state index is 0.120. The fourth-order valence-electron chi connectivity index (χ4n) is 3.36. The molecule has 0 N–H and O–H groups in total. The fraction of sp³-hybridized carbons (Fsp3) is 0.167. The van der Waals surface area contributed by atoms with Crippen LogP contribution < -0.4 is 9.64 Å². The van der Waals surface area contributed by atoms with Crippen LogP contribution in [0.5, 0.6) is 5.75 Å². The summed E-state index contributed by atoms with van der Waals surface area (Å²) in [7, 11) is 1.64. The van der Waals surface area contributed by atoms with Crippen molar-refractivity contribution in [2.24, 2.45) is 0 Å². The SMILES string of the molecule is COc1ccc(-n2nnc3c2-c2cccc4c2N(C3)C(=O)CS4)cc1. The van der Waals surface area contributed by atoms with Crippen molar-refractivity contribution in [2.75, 3.05) is 17.8 Å². The second-order valence-corrected chi connectivity index (χ2v) is 6.93. The smallest absolute Gasteiger partial charge is 0.237 e. The fourth-order valence-corrected chi connectivity index (χ4v) is 4.33. The molecule has 0 fully saturated rings. The van der Waals surface area contributed by atoms with E-state index in [1.165, 1.54) is 0 Å². The predicted octanol–water partition coefficient (Wildman–Crippen LogP) is 2.90. The number of carbonyl (C=O) groups is 1. The number of anilines is 1. The molecular weight excluding hydrogens is 336 g/mol. The molecule has 5 rings (SSSR count). The Morgan fingerprint density at radius 2 is 2.00 bits per heavy atom. The van der Waals surface area contributed by atoms with Gasteiger partial charge in [0, 0.05) is 10.5 Å². The van der Waals surface area contributed by atoms with E-state index in [1.54, 1.807) is 18.9 Å². The summed E-state index contributed by atoms with van der Waals surface area (Å²) in [6.45, 7) is 0.467. The minimum atomic E-state index is 0.120. The lowest BCUT2D eigenvalue weighted by molar-refractivity contribution is -0.116. The molecule has 2 aliphatic rings. The second kappa shape index (κ2) is 5.35. The standard InChI is InChI=1S/C18H14N4O2S/c1-24-12-7-5-11(6-8-12)22-17-13-3-2-4-15-18(13)21(16(23)10-25-15)9-14(17)19-20-22/h2-8H,9-10H2,1H3. The van der Waals surface area contributed by atoms with Crippen molar-refractivity contribution >= 4 is 23.4 Å². The number of benzene rings is 2. The van der Waals surface area contributed by atoms with Crippen LogP contribution in [0.25, 0.3) is 16.9 Å². The van der Waals surface area contributed by atoms with Gasteiger partial charge in [-0.05, 0) is 30.3 Å². The van der Waals surface area contributed by atoms with Crippen molar-refractivity contribution in [1.82, 2.24) is 15.0 Å². The van der Waals surface area contributed by atoms with Crippen LogP contribution in [0.15, 0.2) is 47.4 Å². The number of methoxy groups -OCH3 is 1. The molecule has 0 aliphatic carbocycles. The Labute approximate surface area is 148 Å². The zero-order valence-electron chi connectivity index (χ0n) is 13.5. The van der Waals surface area contributed by atoms with Gasteiger partial charge in [-0.15, -0.1) is 16.9 Å². The van der Waals surface area contributed by atoms with Gasteiger partial charge in [0.15, 0.2) is 0 Å². The Morgan fingerprint density at radius 1 is 1.16 bits per heavy atom. The van der Waals surface area contributed by atoms with Crippen molar-refractivity contribution in [1.29, 1.82) is 0 Å². The van der Waals surface area contributed by atoms with Crippen LogP contribution in [-0.4, -0.2) is 33.8 Å². The maximum Gasteiger partial charge on any atom is 0.237 e. The lowest BCUT2D eigenvalue weighted by Crippen LogP contribution is -2.37. The van der Waals surface area contributed by atoms with Crippen LogP contribution >= 0.6 is 11.8 Å². The van der Waals surface area contributed by atoms with E-state index in [4.69, 9.17) is 4.74 Å². The number of rotatable bonds is 2. The quantitative estimate of drug-likeness (QED) is 0.711. The predicted molar refractivity (Wildman–Crippen MR) is 95.3 cm³/mol. The van der Waals surface area contributed by atoms with Crippen molar-refractivity contribution < 1.29 is 9.53 Å². The first-order valence-corrected chi connectivity index (χ1v) is 8.90. The highest BCUT2D eigenvalue weighted by Crippen LogP contribution is 2.47. The Morgan fingerprint density at radius 3 is 2.80 bits per heavy atom. The van der Waals surface area contributed by atoms with E-state index in [0.717, 1.165) is 39.0 Å². The molecule has 124 valence electrons. The highest BCUT2D eigenvalue weighted by Gasteiger charge is 2.35. The van der Waals surface area contributed by atoms with E-state index < -0.39 is 0 Å². The summed E-state index contributed by atoms with van der Waals surface area (Å²) in [5, 5.41) is 8.69. The number of hydrogen-bond acceptors (Lipinski definition) is 5.